The first-order chi connectivity index (χ1) is 18.9. The van der Waals surface area contributed by atoms with Gasteiger partial charge in [0.15, 0.2) is 11.5 Å². The molecule has 0 saturated heterocycles. The number of ether oxygens (including phenoxy) is 2. The van der Waals surface area contributed by atoms with Gasteiger partial charge in [0, 0.05) is 28.5 Å². The number of aliphatic hydroxyl groups excluding tert-OH is 1. The van der Waals surface area contributed by atoms with Crippen molar-refractivity contribution in [3.8, 4) is 5.75 Å². The molecule has 2 atom stereocenters. The number of ketones is 1. The Labute approximate surface area is 227 Å². The van der Waals surface area contributed by atoms with Crippen molar-refractivity contribution in [2.24, 2.45) is 0 Å². The van der Waals surface area contributed by atoms with Crippen LogP contribution in [0, 0.1) is 6.92 Å². The molecule has 1 aliphatic rings. The smallest absolute Gasteiger partial charge is 0.201 e. The minimum atomic E-state index is -2.10. The molecule has 0 saturated carbocycles. The lowest BCUT2D eigenvalue weighted by molar-refractivity contribution is 0.0309. The summed E-state index contributed by atoms with van der Waals surface area (Å²) < 4.78 is 11.9. The Morgan fingerprint density at radius 1 is 0.897 bits per heavy atom. The van der Waals surface area contributed by atoms with Crippen LogP contribution in [-0.2, 0) is 4.74 Å². The molecule has 2 unspecified atom stereocenters. The summed E-state index contributed by atoms with van der Waals surface area (Å²) >= 11 is 0. The maximum absolute atomic E-state index is 13.8. The van der Waals surface area contributed by atoms with Crippen molar-refractivity contribution < 1.29 is 24.5 Å². The molecule has 6 nitrogen and oxygen atoms in total. The van der Waals surface area contributed by atoms with E-state index in [1.807, 2.05) is 61.5 Å². The summed E-state index contributed by atoms with van der Waals surface area (Å²) in [6.07, 6.45) is 1.30. The van der Waals surface area contributed by atoms with Crippen LogP contribution in [0.1, 0.15) is 33.3 Å². The number of hydrogen-bond acceptors (Lipinski definition) is 6. The van der Waals surface area contributed by atoms with Crippen molar-refractivity contribution in [2.45, 2.75) is 18.9 Å². The number of Topliss-reactive ketones (excluding diaryl/α,β-unsaturated/α-hetero) is 1. The fraction of sp³-hybridized carbons (Fsp3) is 0.121. The molecule has 0 aromatic heterocycles. The molecule has 1 aliphatic heterocycles. The molecule has 0 spiro atoms. The number of carbonyl (C=O) groups excluding carboxylic acids is 1. The van der Waals surface area contributed by atoms with Gasteiger partial charge >= 0.3 is 0 Å². The number of aliphatic hydroxyl groups is 2. The number of benzene rings is 4. The van der Waals surface area contributed by atoms with Gasteiger partial charge in [0.1, 0.15) is 11.5 Å². The molecule has 0 amide bonds. The predicted molar refractivity (Wildman–Crippen MR) is 151 cm³/mol. The summed E-state index contributed by atoms with van der Waals surface area (Å²) in [6, 6.07) is 32.8. The average Bonchev–Trinajstić information content (AvgIpc) is 2.98. The highest BCUT2D eigenvalue weighted by Crippen LogP contribution is 2.46. The third-order valence-electron chi connectivity index (χ3n) is 6.75. The van der Waals surface area contributed by atoms with Gasteiger partial charge in [-0.1, -0.05) is 90.5 Å². The van der Waals surface area contributed by atoms with Gasteiger partial charge in [-0.2, -0.15) is 0 Å². The summed E-state index contributed by atoms with van der Waals surface area (Å²) in [7, 11) is 1.57. The quantitative estimate of drug-likeness (QED) is 0.163. The Balaban J connectivity index is 1.76. The first-order valence-corrected chi connectivity index (χ1v) is 12.6. The van der Waals surface area contributed by atoms with Crippen molar-refractivity contribution in [3.05, 3.63) is 149 Å². The van der Waals surface area contributed by atoms with Gasteiger partial charge < -0.3 is 19.7 Å². The molecule has 39 heavy (non-hydrogen) atoms. The first kappa shape index (κ1) is 25.8. The fourth-order valence-electron chi connectivity index (χ4n) is 4.69. The Kier molecular flexibility index (Phi) is 7.21. The minimum absolute atomic E-state index is 0.224. The number of carbonyl (C=O) groups is 1. The third kappa shape index (κ3) is 5.02. The Bertz CT molecular complexity index is 1500. The lowest BCUT2D eigenvalue weighted by Crippen LogP contribution is -2.55. The van der Waals surface area contributed by atoms with E-state index >= 15 is 0 Å². The molecular formula is C33H29NO5. The Hall–Kier alpha value is -4.81. The number of aryl methyl sites for hydroxylation is 1. The van der Waals surface area contributed by atoms with E-state index in [0.717, 1.165) is 11.1 Å². The van der Waals surface area contributed by atoms with E-state index in [1.54, 1.807) is 66.6 Å². The van der Waals surface area contributed by atoms with Crippen LogP contribution in [-0.4, -0.2) is 28.8 Å². The number of rotatable bonds is 7. The summed E-state index contributed by atoms with van der Waals surface area (Å²) in [5.41, 5.74) is 1.08. The fourth-order valence-corrected chi connectivity index (χ4v) is 4.69. The maximum atomic E-state index is 13.8. The number of anilines is 1. The van der Waals surface area contributed by atoms with E-state index in [0.29, 0.717) is 34.6 Å². The summed E-state index contributed by atoms with van der Waals surface area (Å²) in [5.74, 6) is 0.479. The second-order valence-electron chi connectivity index (χ2n) is 9.29. The molecule has 0 fully saturated rings. The van der Waals surface area contributed by atoms with Gasteiger partial charge in [0.05, 0.1) is 18.9 Å². The highest BCUT2D eigenvalue weighted by atomic mass is 16.5. The van der Waals surface area contributed by atoms with E-state index in [4.69, 9.17) is 9.47 Å². The van der Waals surface area contributed by atoms with Crippen LogP contribution in [0.2, 0.25) is 0 Å². The number of nitrogens with zero attached hydrogens (tertiary/aromatic N) is 1. The van der Waals surface area contributed by atoms with E-state index < -0.39 is 17.7 Å². The molecule has 4 aromatic rings. The van der Waals surface area contributed by atoms with Crippen LogP contribution in [0.3, 0.4) is 0 Å². The minimum Gasteiger partial charge on any atom is -0.515 e. The van der Waals surface area contributed by atoms with Crippen molar-refractivity contribution in [1.82, 2.24) is 0 Å². The van der Waals surface area contributed by atoms with E-state index in [9.17, 15) is 15.0 Å². The van der Waals surface area contributed by atoms with Crippen LogP contribution in [0.15, 0.2) is 127 Å². The third-order valence-corrected chi connectivity index (χ3v) is 6.75. The van der Waals surface area contributed by atoms with Gasteiger partial charge in [-0.05, 0) is 31.2 Å². The molecule has 0 bridgehead atoms. The molecule has 0 radical (unpaired) electrons. The van der Waals surface area contributed by atoms with E-state index in [2.05, 4.69) is 0 Å². The lowest BCUT2D eigenvalue weighted by atomic mass is 9.89. The van der Waals surface area contributed by atoms with Gasteiger partial charge in [0.2, 0.25) is 6.23 Å². The molecule has 6 heteroatoms. The monoisotopic (exact) mass is 519 g/mol. The largest absolute Gasteiger partial charge is 0.515 e. The van der Waals surface area contributed by atoms with Gasteiger partial charge in [-0.3, -0.25) is 9.69 Å². The van der Waals surface area contributed by atoms with Crippen LogP contribution in [0.4, 0.5) is 5.69 Å². The first-order valence-electron chi connectivity index (χ1n) is 12.6. The predicted octanol–water partition coefficient (Wildman–Crippen LogP) is 6.59. The van der Waals surface area contributed by atoms with Crippen molar-refractivity contribution in [1.29, 1.82) is 0 Å². The zero-order chi connectivity index (χ0) is 27.4. The van der Waals surface area contributed by atoms with Gasteiger partial charge in [0.25, 0.3) is 0 Å². The molecule has 1 heterocycles. The van der Waals surface area contributed by atoms with Gasteiger partial charge in [-0.15, -0.1) is 0 Å². The summed E-state index contributed by atoms with van der Waals surface area (Å²) in [5, 5.41) is 23.1. The molecule has 196 valence electrons. The highest BCUT2D eigenvalue weighted by molar-refractivity contribution is 6.10. The Morgan fingerprint density at radius 2 is 1.51 bits per heavy atom. The van der Waals surface area contributed by atoms with E-state index in [-0.39, 0.29) is 5.57 Å². The average molecular weight is 520 g/mol. The van der Waals surface area contributed by atoms with Crippen LogP contribution < -0.4 is 9.64 Å². The standard InChI is InChI=1S/C33H29NO5/c1-23-13-15-26(16-14-23)32-34(27-17-19-28(38-2)20-18-27)33(37,21-30(39-32)24-9-5-3-6-10-24)29(22-35)31(36)25-11-7-4-8-12-25/h3-22,32,35,37H,1-2H3/b29-22+. The lowest BCUT2D eigenvalue weighted by Gasteiger charge is -2.48. The molecular weight excluding hydrogens is 490 g/mol. The zero-order valence-corrected chi connectivity index (χ0v) is 21.7. The van der Waals surface area contributed by atoms with Gasteiger partial charge in [-0.25, -0.2) is 0 Å². The van der Waals surface area contributed by atoms with E-state index in [1.165, 1.54) is 6.08 Å². The number of hydrogen-bond donors (Lipinski definition) is 2. The normalized spacial score (nSPS) is 19.2. The zero-order valence-electron chi connectivity index (χ0n) is 21.7. The van der Waals surface area contributed by atoms with Crippen LogP contribution in [0.5, 0.6) is 5.75 Å². The molecule has 4 aromatic carbocycles. The molecule has 0 aliphatic carbocycles. The highest BCUT2D eigenvalue weighted by Gasteiger charge is 2.49. The van der Waals surface area contributed by atoms with Crippen molar-refractivity contribution >= 4 is 17.2 Å². The summed E-state index contributed by atoms with van der Waals surface area (Å²) in [6.45, 7) is 1.99. The number of methoxy groups -OCH3 is 1. The van der Waals surface area contributed by atoms with Crippen LogP contribution >= 0.6 is 0 Å². The van der Waals surface area contributed by atoms with Crippen molar-refractivity contribution in [2.75, 3.05) is 12.0 Å². The van der Waals surface area contributed by atoms with Crippen molar-refractivity contribution in [3.63, 3.8) is 0 Å². The Morgan fingerprint density at radius 3 is 2.10 bits per heavy atom. The second kappa shape index (κ2) is 10.9. The molecule has 5 rings (SSSR count). The topological polar surface area (TPSA) is 79.2 Å². The second-order valence-corrected chi connectivity index (χ2v) is 9.29. The molecule has 2 N–H and O–H groups in total. The SMILES string of the molecule is COc1ccc(N2C(c3ccc(C)cc3)OC(c3ccccc3)=CC2(O)/C(=C/O)C(=O)c2ccccc2)cc1. The van der Waals surface area contributed by atoms with Crippen LogP contribution in [0.25, 0.3) is 5.76 Å². The maximum Gasteiger partial charge on any atom is 0.201 e. The summed E-state index contributed by atoms with van der Waals surface area (Å²) in [4.78, 5) is 15.4.